The molecule has 0 aliphatic heterocycles. The van der Waals surface area contributed by atoms with Crippen molar-refractivity contribution in [2.75, 3.05) is 44.8 Å². The molecule has 0 aliphatic carbocycles. The molecule has 7 heteroatoms. The number of para-hydroxylation sites is 1. The van der Waals surface area contributed by atoms with Gasteiger partial charge in [-0.15, -0.1) is 0 Å². The Hall–Kier alpha value is -2.64. The smallest absolute Gasteiger partial charge is 0.232 e. The summed E-state index contributed by atoms with van der Waals surface area (Å²) < 4.78 is 12.1. The maximum absolute atomic E-state index is 13.1. The van der Waals surface area contributed by atoms with Crippen LogP contribution in [0.15, 0.2) is 48.5 Å². The maximum Gasteiger partial charge on any atom is 0.232 e. The van der Waals surface area contributed by atoms with Crippen molar-refractivity contribution < 1.29 is 14.3 Å². The summed E-state index contributed by atoms with van der Waals surface area (Å²) in [5, 5.41) is 0.718. The first-order valence-corrected chi connectivity index (χ1v) is 11.1. The van der Waals surface area contributed by atoms with Crippen molar-refractivity contribution in [2.24, 2.45) is 0 Å². The number of fused-ring (bicyclic) bond motifs is 1. The first-order chi connectivity index (χ1) is 14.6. The number of methoxy groups -OCH3 is 1. The lowest BCUT2D eigenvalue weighted by molar-refractivity contribution is -0.119. The molecule has 0 radical (unpaired) electrons. The van der Waals surface area contributed by atoms with E-state index < -0.39 is 0 Å². The van der Waals surface area contributed by atoms with Crippen LogP contribution in [0.4, 0.5) is 5.13 Å². The summed E-state index contributed by atoms with van der Waals surface area (Å²) in [5.41, 5.74) is 0.872. The van der Waals surface area contributed by atoms with Crippen LogP contribution in [-0.2, 0) is 4.79 Å². The van der Waals surface area contributed by atoms with Crippen LogP contribution >= 0.6 is 11.3 Å². The third-order valence-corrected chi connectivity index (χ3v) is 6.02. The van der Waals surface area contributed by atoms with Gasteiger partial charge in [-0.2, -0.15) is 0 Å². The highest BCUT2D eigenvalue weighted by Gasteiger charge is 2.20. The number of amides is 1. The van der Waals surface area contributed by atoms with Crippen molar-refractivity contribution in [1.29, 1.82) is 0 Å². The fourth-order valence-electron chi connectivity index (χ4n) is 3.15. The van der Waals surface area contributed by atoms with Crippen LogP contribution in [0.3, 0.4) is 0 Å². The van der Waals surface area contributed by atoms with Gasteiger partial charge in [0, 0.05) is 13.1 Å². The van der Waals surface area contributed by atoms with Gasteiger partial charge in [0.15, 0.2) is 5.13 Å². The van der Waals surface area contributed by atoms with Gasteiger partial charge in [0.05, 0.1) is 30.4 Å². The van der Waals surface area contributed by atoms with E-state index in [2.05, 4.69) is 18.7 Å². The summed E-state index contributed by atoms with van der Waals surface area (Å²) in [7, 11) is 1.65. The lowest BCUT2D eigenvalue weighted by Gasteiger charge is -2.24. The molecule has 160 valence electrons. The molecule has 0 saturated heterocycles. The van der Waals surface area contributed by atoms with E-state index in [0.717, 1.165) is 46.5 Å². The van der Waals surface area contributed by atoms with Crippen LogP contribution < -0.4 is 14.4 Å². The molecule has 30 heavy (non-hydrogen) atoms. The van der Waals surface area contributed by atoms with E-state index in [1.54, 1.807) is 12.0 Å². The van der Waals surface area contributed by atoms with E-state index in [9.17, 15) is 4.79 Å². The Labute approximate surface area is 182 Å². The van der Waals surface area contributed by atoms with E-state index >= 15 is 0 Å². The predicted molar refractivity (Wildman–Crippen MR) is 123 cm³/mol. The van der Waals surface area contributed by atoms with Crippen molar-refractivity contribution in [3.63, 3.8) is 0 Å². The number of nitrogens with zero attached hydrogens (tertiary/aromatic N) is 3. The highest BCUT2D eigenvalue weighted by Crippen LogP contribution is 2.31. The topological polar surface area (TPSA) is 54.9 Å². The minimum Gasteiger partial charge on any atom is -0.497 e. The van der Waals surface area contributed by atoms with Gasteiger partial charge in [-0.25, -0.2) is 4.98 Å². The van der Waals surface area contributed by atoms with Crippen molar-refractivity contribution >= 4 is 32.6 Å². The van der Waals surface area contributed by atoms with Gasteiger partial charge < -0.3 is 14.4 Å². The number of benzene rings is 2. The molecule has 1 amide bonds. The number of likely N-dealkylation sites (N-methyl/N-ethyl adjacent to an activating group) is 1. The molecule has 0 saturated carbocycles. The Morgan fingerprint density at radius 2 is 1.80 bits per heavy atom. The van der Waals surface area contributed by atoms with Crippen LogP contribution in [0.5, 0.6) is 11.5 Å². The Balaban J connectivity index is 1.74. The summed E-state index contributed by atoms with van der Waals surface area (Å²) in [6, 6.07) is 15.3. The largest absolute Gasteiger partial charge is 0.497 e. The molecule has 2 aromatic carbocycles. The number of hydrogen-bond donors (Lipinski definition) is 0. The molecule has 0 aliphatic rings. The quantitative estimate of drug-likeness (QED) is 0.453. The summed E-state index contributed by atoms with van der Waals surface area (Å²) in [6.07, 6.45) is 0.298. The zero-order valence-electron chi connectivity index (χ0n) is 17.8. The Morgan fingerprint density at radius 3 is 2.50 bits per heavy atom. The monoisotopic (exact) mass is 427 g/mol. The average Bonchev–Trinajstić information content (AvgIpc) is 3.20. The standard InChI is InChI=1S/C23H29N3O3S/c1-4-25(5-2)14-15-26(22(27)13-16-29-18-9-7-6-8-10-18)23-24-20-12-11-19(28-3)17-21(20)30-23/h6-12,17H,4-5,13-16H2,1-3H3. The third-order valence-electron chi connectivity index (χ3n) is 4.98. The first-order valence-electron chi connectivity index (χ1n) is 10.3. The second-order valence-electron chi connectivity index (χ2n) is 6.81. The number of carbonyl (C=O) groups is 1. The minimum atomic E-state index is 0.0177. The van der Waals surface area contributed by atoms with Gasteiger partial charge in [-0.05, 0) is 43.4 Å². The van der Waals surface area contributed by atoms with Crippen molar-refractivity contribution in [2.45, 2.75) is 20.3 Å². The Morgan fingerprint density at radius 1 is 1.03 bits per heavy atom. The fourth-order valence-corrected chi connectivity index (χ4v) is 4.19. The number of anilines is 1. The molecular formula is C23H29N3O3S. The van der Waals surface area contributed by atoms with Gasteiger partial charge in [-0.1, -0.05) is 43.4 Å². The summed E-state index contributed by atoms with van der Waals surface area (Å²) in [6.45, 7) is 7.91. The molecule has 0 atom stereocenters. The molecule has 1 aromatic heterocycles. The molecule has 6 nitrogen and oxygen atoms in total. The summed E-state index contributed by atoms with van der Waals surface area (Å²) >= 11 is 1.51. The van der Waals surface area contributed by atoms with Crippen molar-refractivity contribution in [3.05, 3.63) is 48.5 Å². The molecular weight excluding hydrogens is 398 g/mol. The molecule has 1 heterocycles. The van der Waals surface area contributed by atoms with E-state index in [4.69, 9.17) is 14.5 Å². The molecule has 0 unspecified atom stereocenters. The average molecular weight is 428 g/mol. The molecule has 3 aromatic rings. The third kappa shape index (κ3) is 5.70. The highest BCUT2D eigenvalue weighted by atomic mass is 32.1. The Bertz CT molecular complexity index is 941. The van der Waals surface area contributed by atoms with E-state index in [-0.39, 0.29) is 5.91 Å². The van der Waals surface area contributed by atoms with Crippen molar-refractivity contribution in [3.8, 4) is 11.5 Å². The van der Waals surface area contributed by atoms with E-state index in [1.165, 1.54) is 11.3 Å². The number of carbonyl (C=O) groups excluding carboxylic acids is 1. The number of thiazole rings is 1. The molecule has 0 fully saturated rings. The second-order valence-corrected chi connectivity index (χ2v) is 7.82. The SMILES string of the molecule is CCN(CC)CCN(C(=O)CCOc1ccccc1)c1nc2ccc(OC)cc2s1. The van der Waals surface area contributed by atoms with Crippen molar-refractivity contribution in [1.82, 2.24) is 9.88 Å². The van der Waals surface area contributed by atoms with Gasteiger partial charge in [-0.3, -0.25) is 9.69 Å². The van der Waals surface area contributed by atoms with E-state index in [0.29, 0.717) is 19.6 Å². The lowest BCUT2D eigenvalue weighted by Crippen LogP contribution is -2.39. The number of rotatable bonds is 11. The zero-order chi connectivity index (χ0) is 21.3. The van der Waals surface area contributed by atoms with Gasteiger partial charge in [0.25, 0.3) is 0 Å². The fraction of sp³-hybridized carbons (Fsp3) is 0.391. The zero-order valence-corrected chi connectivity index (χ0v) is 18.7. The van der Waals surface area contributed by atoms with Gasteiger partial charge in [0.2, 0.25) is 5.91 Å². The Kier molecular flexibility index (Phi) is 8.04. The summed E-state index contributed by atoms with van der Waals surface area (Å²) in [5.74, 6) is 1.58. The maximum atomic E-state index is 13.1. The second kappa shape index (κ2) is 10.9. The van der Waals surface area contributed by atoms with Gasteiger partial charge in [0.1, 0.15) is 11.5 Å². The van der Waals surface area contributed by atoms with Crippen LogP contribution in [0.1, 0.15) is 20.3 Å². The lowest BCUT2D eigenvalue weighted by atomic mass is 10.3. The van der Waals surface area contributed by atoms with Crippen LogP contribution in [0.25, 0.3) is 10.2 Å². The van der Waals surface area contributed by atoms with Crippen LogP contribution in [0, 0.1) is 0 Å². The minimum absolute atomic E-state index is 0.0177. The number of hydrogen-bond acceptors (Lipinski definition) is 6. The molecule has 0 bridgehead atoms. The van der Waals surface area contributed by atoms with Crippen LogP contribution in [0.2, 0.25) is 0 Å². The van der Waals surface area contributed by atoms with Crippen LogP contribution in [-0.4, -0.2) is 55.7 Å². The first kappa shape index (κ1) is 22.1. The highest BCUT2D eigenvalue weighted by molar-refractivity contribution is 7.22. The number of ether oxygens (including phenoxy) is 2. The molecule has 3 rings (SSSR count). The van der Waals surface area contributed by atoms with E-state index in [1.807, 2.05) is 48.5 Å². The normalized spacial score (nSPS) is 11.1. The number of aromatic nitrogens is 1. The predicted octanol–water partition coefficient (Wildman–Crippen LogP) is 4.45. The van der Waals surface area contributed by atoms with Gasteiger partial charge >= 0.3 is 0 Å². The molecule has 0 N–H and O–H groups in total. The molecule has 0 spiro atoms. The summed E-state index contributed by atoms with van der Waals surface area (Å²) in [4.78, 5) is 21.9.